The van der Waals surface area contributed by atoms with Gasteiger partial charge in [0, 0.05) is 25.8 Å². The van der Waals surface area contributed by atoms with E-state index in [4.69, 9.17) is 9.47 Å². The Hall–Kier alpha value is -2.39. The van der Waals surface area contributed by atoms with Crippen LogP contribution in [0.5, 0.6) is 0 Å². The Morgan fingerprint density at radius 1 is 1.30 bits per heavy atom. The highest BCUT2D eigenvalue weighted by Gasteiger charge is 2.41. The number of amides is 1. The van der Waals surface area contributed by atoms with Crippen molar-refractivity contribution in [2.75, 3.05) is 20.2 Å². The number of fused-ring (bicyclic) bond motifs is 1. The number of piperidine rings is 1. The van der Waals surface area contributed by atoms with Crippen molar-refractivity contribution in [1.82, 2.24) is 19.9 Å². The van der Waals surface area contributed by atoms with Gasteiger partial charge >= 0.3 is 0 Å². The topological polar surface area (TPSA) is 69.5 Å². The Morgan fingerprint density at radius 2 is 2.07 bits per heavy atom. The summed E-state index contributed by atoms with van der Waals surface area (Å²) in [5.74, 6) is -2.28. The van der Waals surface area contributed by atoms with Crippen LogP contribution in [0.4, 0.5) is 8.78 Å². The van der Waals surface area contributed by atoms with Crippen LogP contribution in [0.15, 0.2) is 18.2 Å². The lowest BCUT2D eigenvalue weighted by Crippen LogP contribution is -2.52. The van der Waals surface area contributed by atoms with Crippen LogP contribution in [0.25, 0.3) is 0 Å². The van der Waals surface area contributed by atoms with Crippen molar-refractivity contribution in [3.05, 3.63) is 46.8 Å². The van der Waals surface area contributed by atoms with Crippen LogP contribution in [0.1, 0.15) is 34.6 Å². The Kier molecular flexibility index (Phi) is 4.65. The van der Waals surface area contributed by atoms with Crippen molar-refractivity contribution in [2.24, 2.45) is 0 Å². The van der Waals surface area contributed by atoms with Crippen molar-refractivity contribution >= 4 is 5.91 Å². The number of hydrogen-bond acceptors (Lipinski definition) is 5. The second kappa shape index (κ2) is 6.97. The quantitative estimate of drug-likeness (QED) is 0.816. The molecular formula is C18H20F2N4O3. The molecule has 1 amide bonds. The molecule has 1 aromatic carbocycles. The van der Waals surface area contributed by atoms with Crippen LogP contribution in [0.3, 0.4) is 0 Å². The zero-order valence-corrected chi connectivity index (χ0v) is 15.0. The number of carbonyl (C=O) groups is 1. The zero-order valence-electron chi connectivity index (χ0n) is 15.0. The average Bonchev–Trinajstić information content (AvgIpc) is 3.06. The third-order valence-electron chi connectivity index (χ3n) is 5.28. The first-order valence-electron chi connectivity index (χ1n) is 8.80. The lowest BCUT2D eigenvalue weighted by molar-refractivity contribution is -0.120. The number of halogens is 2. The predicted molar refractivity (Wildman–Crippen MR) is 89.8 cm³/mol. The summed E-state index contributed by atoms with van der Waals surface area (Å²) in [5, 5.41) is 8.33. The van der Waals surface area contributed by atoms with E-state index in [1.807, 2.05) is 4.68 Å². The van der Waals surface area contributed by atoms with Gasteiger partial charge in [-0.05, 0) is 31.0 Å². The number of methoxy groups -OCH3 is 1. The van der Waals surface area contributed by atoms with Crippen LogP contribution in [0.2, 0.25) is 0 Å². The fraction of sp³-hybridized carbons (Fsp3) is 0.500. The third-order valence-corrected chi connectivity index (χ3v) is 5.28. The fourth-order valence-electron chi connectivity index (χ4n) is 3.67. The van der Waals surface area contributed by atoms with E-state index in [9.17, 15) is 13.6 Å². The molecule has 9 heteroatoms. The van der Waals surface area contributed by atoms with Crippen molar-refractivity contribution in [3.63, 3.8) is 0 Å². The van der Waals surface area contributed by atoms with E-state index >= 15 is 0 Å². The van der Waals surface area contributed by atoms with Crippen molar-refractivity contribution < 1.29 is 23.0 Å². The van der Waals surface area contributed by atoms with Crippen LogP contribution >= 0.6 is 0 Å². The summed E-state index contributed by atoms with van der Waals surface area (Å²) in [5.41, 5.74) is 1.45. The average molecular weight is 378 g/mol. The first-order valence-corrected chi connectivity index (χ1v) is 8.80. The summed E-state index contributed by atoms with van der Waals surface area (Å²) < 4.78 is 39.6. The smallest absolute Gasteiger partial charge is 0.253 e. The SMILES string of the molecule is COCc1nnn2c1COC1(CCN(C(=O)c3ccc(F)c(F)c3)CC1)C2. The van der Waals surface area contributed by atoms with Gasteiger partial charge in [-0.1, -0.05) is 5.21 Å². The highest BCUT2D eigenvalue weighted by atomic mass is 19.2. The van der Waals surface area contributed by atoms with E-state index in [0.29, 0.717) is 45.7 Å². The van der Waals surface area contributed by atoms with Crippen molar-refractivity contribution in [3.8, 4) is 0 Å². The standard InChI is InChI=1S/C18H20F2N4O3/c1-26-9-15-16-10-27-18(11-24(16)22-21-15)4-6-23(7-5-18)17(25)12-2-3-13(19)14(20)8-12/h2-3,8H,4-7,9-11H2,1H3. The van der Waals surface area contributed by atoms with E-state index in [1.165, 1.54) is 6.07 Å². The van der Waals surface area contributed by atoms with E-state index in [2.05, 4.69) is 10.3 Å². The van der Waals surface area contributed by atoms with Gasteiger partial charge in [-0.25, -0.2) is 13.5 Å². The van der Waals surface area contributed by atoms with Crippen LogP contribution < -0.4 is 0 Å². The molecule has 1 spiro atoms. The summed E-state index contributed by atoms with van der Waals surface area (Å²) >= 11 is 0. The molecule has 1 aromatic heterocycles. The minimum absolute atomic E-state index is 0.150. The van der Waals surface area contributed by atoms with Gasteiger partial charge in [-0.2, -0.15) is 0 Å². The lowest BCUT2D eigenvalue weighted by Gasteiger charge is -2.43. The molecule has 0 aliphatic carbocycles. The van der Waals surface area contributed by atoms with Gasteiger partial charge in [0.05, 0.1) is 31.1 Å². The molecule has 0 atom stereocenters. The number of aromatic nitrogens is 3. The van der Waals surface area contributed by atoms with Crippen LogP contribution in [-0.4, -0.2) is 51.6 Å². The minimum Gasteiger partial charge on any atom is -0.378 e. The number of nitrogens with zero attached hydrogens (tertiary/aromatic N) is 4. The van der Waals surface area contributed by atoms with Crippen molar-refractivity contribution in [2.45, 2.75) is 38.2 Å². The number of carbonyl (C=O) groups excluding carboxylic acids is 1. The molecule has 0 saturated carbocycles. The summed E-state index contributed by atoms with van der Waals surface area (Å²) in [4.78, 5) is 14.2. The van der Waals surface area contributed by atoms with Crippen LogP contribution in [0, 0.1) is 11.6 Å². The molecule has 0 bridgehead atoms. The maximum absolute atomic E-state index is 13.4. The molecule has 3 heterocycles. The highest BCUT2D eigenvalue weighted by molar-refractivity contribution is 5.94. The summed E-state index contributed by atoms with van der Waals surface area (Å²) in [7, 11) is 1.61. The molecular weight excluding hydrogens is 358 g/mol. The summed E-state index contributed by atoms with van der Waals surface area (Å²) in [6.45, 7) is 2.33. The molecule has 144 valence electrons. The Balaban J connectivity index is 1.42. The highest BCUT2D eigenvalue weighted by Crippen LogP contribution is 2.34. The molecule has 0 radical (unpaired) electrons. The second-order valence-corrected chi connectivity index (χ2v) is 6.97. The van der Waals surface area contributed by atoms with E-state index in [-0.39, 0.29) is 11.5 Å². The minimum atomic E-state index is -1.02. The Labute approximate surface area is 154 Å². The monoisotopic (exact) mass is 378 g/mol. The molecule has 4 rings (SSSR count). The molecule has 0 unspecified atom stereocenters. The van der Waals surface area contributed by atoms with Crippen molar-refractivity contribution in [1.29, 1.82) is 0 Å². The largest absolute Gasteiger partial charge is 0.378 e. The predicted octanol–water partition coefficient (Wildman–Crippen LogP) is 1.91. The van der Waals surface area contributed by atoms with Gasteiger partial charge in [0.1, 0.15) is 5.69 Å². The molecule has 7 nitrogen and oxygen atoms in total. The maximum Gasteiger partial charge on any atom is 0.253 e. The van der Waals surface area contributed by atoms with Gasteiger partial charge < -0.3 is 14.4 Å². The second-order valence-electron chi connectivity index (χ2n) is 6.97. The molecule has 2 aliphatic heterocycles. The first-order chi connectivity index (χ1) is 13.0. The van der Waals surface area contributed by atoms with E-state index < -0.39 is 17.2 Å². The maximum atomic E-state index is 13.4. The molecule has 2 aliphatic rings. The van der Waals surface area contributed by atoms with Gasteiger partial charge in [0.15, 0.2) is 11.6 Å². The van der Waals surface area contributed by atoms with Crippen LogP contribution in [-0.2, 0) is 29.2 Å². The normalized spacial score (nSPS) is 18.6. The Bertz CT molecular complexity index is 862. The number of rotatable bonds is 3. The number of ether oxygens (including phenoxy) is 2. The summed E-state index contributed by atoms with van der Waals surface area (Å²) in [6.07, 6.45) is 1.28. The van der Waals surface area contributed by atoms with Gasteiger partial charge in [0.25, 0.3) is 5.91 Å². The Morgan fingerprint density at radius 3 is 2.78 bits per heavy atom. The van der Waals surface area contributed by atoms with E-state index in [1.54, 1.807) is 12.0 Å². The van der Waals surface area contributed by atoms with Gasteiger partial charge in [-0.3, -0.25) is 4.79 Å². The molecule has 27 heavy (non-hydrogen) atoms. The van der Waals surface area contributed by atoms with Gasteiger partial charge in [-0.15, -0.1) is 5.10 Å². The zero-order chi connectivity index (χ0) is 19.0. The molecule has 2 aromatic rings. The van der Waals surface area contributed by atoms with Gasteiger partial charge in [0.2, 0.25) is 0 Å². The number of benzene rings is 1. The number of hydrogen-bond donors (Lipinski definition) is 0. The lowest BCUT2D eigenvalue weighted by atomic mass is 9.89. The molecule has 1 saturated heterocycles. The fourth-order valence-corrected chi connectivity index (χ4v) is 3.67. The third kappa shape index (κ3) is 3.32. The summed E-state index contributed by atoms with van der Waals surface area (Å²) in [6, 6.07) is 3.22. The van der Waals surface area contributed by atoms with E-state index in [0.717, 1.165) is 23.5 Å². The molecule has 1 fully saturated rings. The number of likely N-dealkylation sites (tertiary alicyclic amines) is 1. The molecule has 0 N–H and O–H groups in total. The first kappa shape index (κ1) is 18.0.